The van der Waals surface area contributed by atoms with Gasteiger partial charge in [-0.2, -0.15) is 0 Å². The van der Waals surface area contributed by atoms with Gasteiger partial charge in [0.25, 0.3) is 5.91 Å². The number of benzene rings is 3. The summed E-state index contributed by atoms with van der Waals surface area (Å²) in [6, 6.07) is 18.0. The van der Waals surface area contributed by atoms with Crippen molar-refractivity contribution in [3.8, 4) is 5.75 Å². The summed E-state index contributed by atoms with van der Waals surface area (Å²) in [4.78, 5) is 29.4. The summed E-state index contributed by atoms with van der Waals surface area (Å²) >= 11 is 5.93. The number of methoxy groups -OCH3 is 1. The molecule has 0 bridgehead atoms. The number of amides is 2. The van der Waals surface area contributed by atoms with E-state index in [0.29, 0.717) is 23.4 Å². The first kappa shape index (κ1) is 22.8. The van der Waals surface area contributed by atoms with E-state index in [4.69, 9.17) is 16.3 Å². The lowest BCUT2D eigenvalue weighted by molar-refractivity contribution is -0.117. The zero-order chi connectivity index (χ0) is 23.7. The van der Waals surface area contributed by atoms with Crippen LogP contribution in [-0.4, -0.2) is 25.0 Å². The minimum atomic E-state index is -0.570. The molecular weight excluding hydrogens is 443 g/mol. The first-order valence-corrected chi connectivity index (χ1v) is 11.0. The van der Waals surface area contributed by atoms with Crippen LogP contribution < -0.4 is 14.5 Å². The van der Waals surface area contributed by atoms with Crippen molar-refractivity contribution < 1.29 is 18.7 Å². The Bertz CT molecular complexity index is 1200. The molecule has 0 spiro atoms. The summed E-state index contributed by atoms with van der Waals surface area (Å²) in [5, 5.41) is 0.258. The number of ether oxygens (including phenoxy) is 1. The molecule has 33 heavy (non-hydrogen) atoms. The first-order valence-electron chi connectivity index (χ1n) is 10.6. The van der Waals surface area contributed by atoms with Crippen molar-refractivity contribution in [3.05, 3.63) is 88.7 Å². The Kier molecular flexibility index (Phi) is 6.38. The molecule has 4 rings (SSSR count). The van der Waals surface area contributed by atoms with Gasteiger partial charge in [0.05, 0.1) is 18.8 Å². The van der Waals surface area contributed by atoms with Crippen molar-refractivity contribution in [1.29, 1.82) is 0 Å². The van der Waals surface area contributed by atoms with Gasteiger partial charge in [0.1, 0.15) is 11.6 Å². The van der Waals surface area contributed by atoms with E-state index < -0.39 is 11.9 Å². The van der Waals surface area contributed by atoms with Gasteiger partial charge in [-0.1, -0.05) is 29.8 Å². The molecule has 2 atom stereocenters. The number of para-hydroxylation sites is 1. The van der Waals surface area contributed by atoms with E-state index in [1.807, 2.05) is 31.2 Å². The summed E-state index contributed by atoms with van der Waals surface area (Å²) in [6.07, 6.45) is 0.445. The van der Waals surface area contributed by atoms with Crippen LogP contribution in [0.1, 0.15) is 42.2 Å². The molecule has 5 nitrogen and oxygen atoms in total. The summed E-state index contributed by atoms with van der Waals surface area (Å²) in [5.41, 5.74) is 2.17. The summed E-state index contributed by atoms with van der Waals surface area (Å²) in [7, 11) is 1.57. The normalized spacial score (nSPS) is 17.3. The van der Waals surface area contributed by atoms with Crippen molar-refractivity contribution in [3.63, 3.8) is 0 Å². The van der Waals surface area contributed by atoms with Gasteiger partial charge in [0.15, 0.2) is 0 Å². The van der Waals surface area contributed by atoms with Crippen molar-refractivity contribution in [2.24, 2.45) is 0 Å². The average Bonchev–Trinajstić information content (AvgIpc) is 2.80. The van der Waals surface area contributed by atoms with E-state index >= 15 is 0 Å². The second kappa shape index (κ2) is 9.24. The number of hydrogen-bond donors (Lipinski definition) is 0. The first-order chi connectivity index (χ1) is 15.8. The Morgan fingerprint density at radius 3 is 2.42 bits per heavy atom. The number of fused-ring (bicyclic) bond motifs is 1. The van der Waals surface area contributed by atoms with Gasteiger partial charge in [-0.15, -0.1) is 0 Å². The molecule has 0 saturated heterocycles. The molecule has 0 N–H and O–H groups in total. The van der Waals surface area contributed by atoms with Crippen LogP contribution in [0, 0.1) is 5.82 Å². The maximum atomic E-state index is 14.8. The molecule has 0 saturated carbocycles. The third kappa shape index (κ3) is 4.31. The fourth-order valence-electron chi connectivity index (χ4n) is 4.44. The molecule has 170 valence electrons. The lowest BCUT2D eigenvalue weighted by Gasteiger charge is -2.43. The molecule has 3 aromatic rings. The fourth-order valence-corrected chi connectivity index (χ4v) is 4.60. The predicted molar refractivity (Wildman–Crippen MR) is 128 cm³/mol. The van der Waals surface area contributed by atoms with Crippen LogP contribution in [0.3, 0.4) is 0 Å². The smallest absolute Gasteiger partial charge is 0.258 e. The standard InChI is InChI=1S/C26H24ClFN2O3/c1-16-14-25(30(17(2)31)24-13-10-19(27)15-22(24)28)21-6-4-5-7-23(21)29(16)26(32)18-8-11-20(33-3)12-9-18/h4-13,15-16,25H,14H2,1-3H3/t16-,25+/m0/s1. The quantitative estimate of drug-likeness (QED) is 0.472. The van der Waals surface area contributed by atoms with Crippen LogP contribution >= 0.6 is 11.6 Å². The molecule has 1 aliphatic rings. The number of carbonyl (C=O) groups is 2. The SMILES string of the molecule is COc1ccc(C(=O)N2c3ccccc3[C@H](N(C(C)=O)c3ccc(Cl)cc3F)C[C@@H]2C)cc1. The van der Waals surface area contributed by atoms with Gasteiger partial charge in [-0.25, -0.2) is 4.39 Å². The van der Waals surface area contributed by atoms with Crippen molar-refractivity contribution in [2.45, 2.75) is 32.4 Å². The monoisotopic (exact) mass is 466 g/mol. The third-order valence-corrected chi connectivity index (χ3v) is 6.17. The summed E-state index contributed by atoms with van der Waals surface area (Å²) in [6.45, 7) is 3.34. The molecule has 0 aliphatic carbocycles. The van der Waals surface area contributed by atoms with Gasteiger partial charge < -0.3 is 14.5 Å². The topological polar surface area (TPSA) is 49.9 Å². The maximum absolute atomic E-state index is 14.8. The Morgan fingerprint density at radius 1 is 1.09 bits per heavy atom. The van der Waals surface area contributed by atoms with Crippen LogP contribution in [0.4, 0.5) is 15.8 Å². The third-order valence-electron chi connectivity index (χ3n) is 5.94. The molecule has 0 radical (unpaired) electrons. The maximum Gasteiger partial charge on any atom is 0.258 e. The highest BCUT2D eigenvalue weighted by Gasteiger charge is 2.38. The Balaban J connectivity index is 1.77. The minimum absolute atomic E-state index is 0.150. The predicted octanol–water partition coefficient (Wildman–Crippen LogP) is 6.02. The zero-order valence-electron chi connectivity index (χ0n) is 18.6. The second-order valence-corrected chi connectivity index (χ2v) is 8.48. The lowest BCUT2D eigenvalue weighted by atomic mass is 9.89. The Labute approximate surface area is 197 Å². The number of hydrogen-bond acceptors (Lipinski definition) is 3. The number of anilines is 2. The number of rotatable bonds is 4. The van der Waals surface area contributed by atoms with Crippen molar-refractivity contribution in [1.82, 2.24) is 0 Å². The largest absolute Gasteiger partial charge is 0.497 e. The zero-order valence-corrected chi connectivity index (χ0v) is 19.3. The molecule has 0 unspecified atom stereocenters. The molecule has 1 aliphatic heterocycles. The molecule has 3 aromatic carbocycles. The summed E-state index contributed by atoms with van der Waals surface area (Å²) in [5.74, 6) is -0.346. The van der Waals surface area contributed by atoms with Crippen molar-refractivity contribution in [2.75, 3.05) is 16.9 Å². The van der Waals surface area contributed by atoms with Gasteiger partial charge in [0.2, 0.25) is 5.91 Å². The minimum Gasteiger partial charge on any atom is -0.497 e. The number of halogens is 2. The fraction of sp³-hybridized carbons (Fsp3) is 0.231. The highest BCUT2D eigenvalue weighted by Crippen LogP contribution is 2.43. The molecule has 1 heterocycles. The van der Waals surface area contributed by atoms with E-state index in [-0.39, 0.29) is 28.6 Å². The van der Waals surface area contributed by atoms with E-state index in [9.17, 15) is 14.0 Å². The van der Waals surface area contributed by atoms with Gasteiger partial charge in [-0.05, 0) is 67.4 Å². The van der Waals surface area contributed by atoms with E-state index in [2.05, 4.69) is 0 Å². The average molecular weight is 467 g/mol. The number of nitrogens with zero attached hydrogens (tertiary/aromatic N) is 2. The number of carbonyl (C=O) groups excluding carboxylic acids is 2. The second-order valence-electron chi connectivity index (χ2n) is 8.05. The van der Waals surface area contributed by atoms with Gasteiger partial charge in [0, 0.05) is 29.2 Å². The highest BCUT2D eigenvalue weighted by molar-refractivity contribution is 6.30. The molecule has 2 amide bonds. The molecule has 0 fully saturated rings. The van der Waals surface area contributed by atoms with E-state index in [0.717, 1.165) is 5.56 Å². The molecule has 0 aromatic heterocycles. The van der Waals surface area contributed by atoms with Crippen LogP contribution in [0.5, 0.6) is 5.75 Å². The van der Waals surface area contributed by atoms with Crippen LogP contribution in [0.15, 0.2) is 66.7 Å². The Hall–Kier alpha value is -3.38. The van der Waals surface area contributed by atoms with Crippen LogP contribution in [0.25, 0.3) is 0 Å². The molecule has 7 heteroatoms. The van der Waals surface area contributed by atoms with Gasteiger partial charge in [-0.3, -0.25) is 9.59 Å². The Morgan fingerprint density at radius 2 is 1.79 bits per heavy atom. The van der Waals surface area contributed by atoms with E-state index in [1.54, 1.807) is 42.3 Å². The van der Waals surface area contributed by atoms with Crippen LogP contribution in [-0.2, 0) is 4.79 Å². The lowest BCUT2D eigenvalue weighted by Crippen LogP contribution is -2.47. The van der Waals surface area contributed by atoms with E-state index in [1.165, 1.54) is 24.0 Å². The van der Waals surface area contributed by atoms with Crippen LogP contribution in [0.2, 0.25) is 5.02 Å². The summed E-state index contributed by atoms with van der Waals surface area (Å²) < 4.78 is 20.0. The van der Waals surface area contributed by atoms with Crippen molar-refractivity contribution >= 4 is 34.8 Å². The molecular formula is C26H24ClFN2O3. The van der Waals surface area contributed by atoms with Gasteiger partial charge >= 0.3 is 0 Å². The highest BCUT2D eigenvalue weighted by atomic mass is 35.5.